The third-order valence-corrected chi connectivity index (χ3v) is 5.75. The SMILES string of the molecule is COc1ccc(C(=O)N2CC(N(CC(C)C)C3CCN(C)CC3)C2)cc1F. The Morgan fingerprint density at radius 1 is 1.26 bits per heavy atom. The lowest BCUT2D eigenvalue weighted by molar-refractivity contribution is -0.00802. The molecule has 150 valence electrons. The lowest BCUT2D eigenvalue weighted by atomic mass is 9.96. The number of piperidine rings is 1. The zero-order chi connectivity index (χ0) is 19.6. The first kappa shape index (κ1) is 20.1. The van der Waals surface area contributed by atoms with E-state index in [2.05, 4.69) is 30.7 Å². The van der Waals surface area contributed by atoms with Gasteiger partial charge in [-0.05, 0) is 57.1 Å². The Balaban J connectivity index is 1.61. The first-order chi connectivity index (χ1) is 12.9. The molecule has 1 amide bonds. The van der Waals surface area contributed by atoms with Crippen LogP contribution < -0.4 is 4.74 Å². The van der Waals surface area contributed by atoms with Gasteiger partial charge in [0.05, 0.1) is 7.11 Å². The maximum absolute atomic E-state index is 13.9. The monoisotopic (exact) mass is 377 g/mol. The molecule has 5 nitrogen and oxygen atoms in total. The van der Waals surface area contributed by atoms with Crippen molar-refractivity contribution in [3.63, 3.8) is 0 Å². The Morgan fingerprint density at radius 2 is 1.93 bits per heavy atom. The molecule has 2 fully saturated rings. The van der Waals surface area contributed by atoms with Crippen LogP contribution in [-0.4, -0.2) is 79.6 Å². The molecule has 1 aromatic rings. The van der Waals surface area contributed by atoms with E-state index >= 15 is 0 Å². The van der Waals surface area contributed by atoms with E-state index in [1.54, 1.807) is 6.07 Å². The minimum absolute atomic E-state index is 0.0966. The van der Waals surface area contributed by atoms with E-state index in [-0.39, 0.29) is 11.7 Å². The number of ether oxygens (including phenoxy) is 1. The number of amides is 1. The van der Waals surface area contributed by atoms with Gasteiger partial charge in [0, 0.05) is 37.3 Å². The zero-order valence-electron chi connectivity index (χ0n) is 16.9. The molecule has 1 aromatic carbocycles. The second kappa shape index (κ2) is 8.57. The van der Waals surface area contributed by atoms with E-state index in [9.17, 15) is 9.18 Å². The highest BCUT2D eigenvalue weighted by Crippen LogP contribution is 2.26. The van der Waals surface area contributed by atoms with Crippen molar-refractivity contribution in [3.8, 4) is 5.75 Å². The number of halogens is 1. The van der Waals surface area contributed by atoms with Gasteiger partial charge in [0.2, 0.25) is 0 Å². The summed E-state index contributed by atoms with van der Waals surface area (Å²) in [4.78, 5) is 19.5. The molecule has 2 aliphatic heterocycles. The number of rotatable bonds is 6. The van der Waals surface area contributed by atoms with Crippen LogP contribution in [0.3, 0.4) is 0 Å². The van der Waals surface area contributed by atoms with Gasteiger partial charge in [-0.2, -0.15) is 0 Å². The van der Waals surface area contributed by atoms with Gasteiger partial charge in [0.15, 0.2) is 11.6 Å². The molecule has 2 aliphatic rings. The van der Waals surface area contributed by atoms with Gasteiger partial charge in [-0.3, -0.25) is 9.69 Å². The van der Waals surface area contributed by atoms with E-state index in [0.29, 0.717) is 23.6 Å². The minimum Gasteiger partial charge on any atom is -0.494 e. The first-order valence-corrected chi connectivity index (χ1v) is 9.96. The van der Waals surface area contributed by atoms with Gasteiger partial charge in [-0.15, -0.1) is 0 Å². The summed E-state index contributed by atoms with van der Waals surface area (Å²) in [6.45, 7) is 9.31. The van der Waals surface area contributed by atoms with E-state index in [0.717, 1.165) is 32.7 Å². The predicted molar refractivity (Wildman–Crippen MR) is 105 cm³/mol. The fraction of sp³-hybridized carbons (Fsp3) is 0.667. The number of nitrogens with zero attached hydrogens (tertiary/aromatic N) is 3. The van der Waals surface area contributed by atoms with Crippen molar-refractivity contribution in [1.29, 1.82) is 0 Å². The van der Waals surface area contributed by atoms with Crippen LogP contribution in [0, 0.1) is 11.7 Å². The summed E-state index contributed by atoms with van der Waals surface area (Å²) in [6.07, 6.45) is 2.38. The maximum atomic E-state index is 13.9. The molecule has 0 aromatic heterocycles. The van der Waals surface area contributed by atoms with Crippen molar-refractivity contribution in [1.82, 2.24) is 14.7 Å². The van der Waals surface area contributed by atoms with Gasteiger partial charge in [0.25, 0.3) is 5.91 Å². The summed E-state index contributed by atoms with van der Waals surface area (Å²) in [5.74, 6) is 0.178. The summed E-state index contributed by atoms with van der Waals surface area (Å²) in [5, 5.41) is 0. The number of likely N-dealkylation sites (tertiary alicyclic amines) is 2. The number of carbonyl (C=O) groups excluding carboxylic acids is 1. The lowest BCUT2D eigenvalue weighted by Crippen LogP contribution is -2.64. The number of hydrogen-bond donors (Lipinski definition) is 0. The highest BCUT2D eigenvalue weighted by Gasteiger charge is 2.38. The molecule has 0 saturated carbocycles. The van der Waals surface area contributed by atoms with Crippen molar-refractivity contribution in [2.75, 3.05) is 46.9 Å². The maximum Gasteiger partial charge on any atom is 0.254 e. The van der Waals surface area contributed by atoms with Crippen LogP contribution in [0.5, 0.6) is 5.75 Å². The van der Waals surface area contributed by atoms with E-state index in [4.69, 9.17) is 4.74 Å². The minimum atomic E-state index is -0.492. The topological polar surface area (TPSA) is 36.0 Å². The molecule has 0 unspecified atom stereocenters. The lowest BCUT2D eigenvalue weighted by Gasteiger charge is -2.50. The average Bonchev–Trinajstić information content (AvgIpc) is 2.59. The third-order valence-electron chi connectivity index (χ3n) is 5.75. The number of carbonyl (C=O) groups is 1. The number of methoxy groups -OCH3 is 1. The summed E-state index contributed by atoms with van der Waals surface area (Å²) in [5.41, 5.74) is 0.390. The highest BCUT2D eigenvalue weighted by atomic mass is 19.1. The van der Waals surface area contributed by atoms with E-state index < -0.39 is 5.82 Å². The van der Waals surface area contributed by atoms with Crippen LogP contribution in [0.4, 0.5) is 4.39 Å². The third kappa shape index (κ3) is 4.61. The molecule has 2 heterocycles. The van der Waals surface area contributed by atoms with Crippen molar-refractivity contribution in [3.05, 3.63) is 29.6 Å². The zero-order valence-corrected chi connectivity index (χ0v) is 16.9. The first-order valence-electron chi connectivity index (χ1n) is 9.96. The van der Waals surface area contributed by atoms with Gasteiger partial charge in [-0.25, -0.2) is 4.39 Å². The van der Waals surface area contributed by atoms with E-state index in [1.807, 2.05) is 4.90 Å². The average molecular weight is 378 g/mol. The highest BCUT2D eigenvalue weighted by molar-refractivity contribution is 5.95. The summed E-state index contributed by atoms with van der Waals surface area (Å²) in [6, 6.07) is 5.44. The van der Waals surface area contributed by atoms with Gasteiger partial charge in [0.1, 0.15) is 0 Å². The van der Waals surface area contributed by atoms with Gasteiger partial charge in [-0.1, -0.05) is 13.8 Å². The number of benzene rings is 1. The molecule has 3 rings (SSSR count). The van der Waals surface area contributed by atoms with Crippen LogP contribution in [0.25, 0.3) is 0 Å². The molecule has 2 saturated heterocycles. The van der Waals surface area contributed by atoms with Crippen LogP contribution in [0.2, 0.25) is 0 Å². The second-order valence-corrected chi connectivity index (χ2v) is 8.34. The normalized spacial score (nSPS) is 19.6. The molecule has 27 heavy (non-hydrogen) atoms. The quantitative estimate of drug-likeness (QED) is 0.764. The van der Waals surface area contributed by atoms with Crippen molar-refractivity contribution in [2.45, 2.75) is 38.8 Å². The fourth-order valence-corrected chi connectivity index (χ4v) is 4.16. The molecule has 0 bridgehead atoms. The smallest absolute Gasteiger partial charge is 0.254 e. The Bertz CT molecular complexity index is 653. The predicted octanol–water partition coefficient (Wildman–Crippen LogP) is 2.71. The molecular formula is C21H32FN3O2. The Morgan fingerprint density at radius 3 is 2.48 bits per heavy atom. The fourth-order valence-electron chi connectivity index (χ4n) is 4.16. The standard InChI is InChI=1S/C21H32FN3O2/c1-15(2)12-25(17-7-9-23(3)10-8-17)18-13-24(14-18)21(26)16-5-6-20(27-4)19(22)11-16/h5-6,11,15,17-18H,7-10,12-14H2,1-4H3. The van der Waals surface area contributed by atoms with Gasteiger partial charge < -0.3 is 14.5 Å². The summed E-state index contributed by atoms with van der Waals surface area (Å²) in [7, 11) is 3.60. The Kier molecular flexibility index (Phi) is 6.37. The molecule has 6 heteroatoms. The molecular weight excluding hydrogens is 345 g/mol. The summed E-state index contributed by atoms with van der Waals surface area (Å²) < 4.78 is 18.8. The van der Waals surface area contributed by atoms with Crippen LogP contribution in [-0.2, 0) is 0 Å². The van der Waals surface area contributed by atoms with Crippen LogP contribution >= 0.6 is 0 Å². The second-order valence-electron chi connectivity index (χ2n) is 8.34. The van der Waals surface area contributed by atoms with Gasteiger partial charge >= 0.3 is 0 Å². The molecule has 0 aliphatic carbocycles. The molecule has 0 atom stereocenters. The molecule has 0 spiro atoms. The van der Waals surface area contributed by atoms with Crippen molar-refractivity contribution < 1.29 is 13.9 Å². The summed E-state index contributed by atoms with van der Waals surface area (Å²) >= 11 is 0. The van der Waals surface area contributed by atoms with Crippen molar-refractivity contribution in [2.24, 2.45) is 5.92 Å². The van der Waals surface area contributed by atoms with E-state index in [1.165, 1.54) is 32.1 Å². The van der Waals surface area contributed by atoms with Crippen molar-refractivity contribution >= 4 is 5.91 Å². The number of hydrogen-bond acceptors (Lipinski definition) is 4. The Labute approximate surface area is 162 Å². The van der Waals surface area contributed by atoms with Crippen LogP contribution in [0.1, 0.15) is 37.0 Å². The molecule has 0 radical (unpaired) electrons. The molecule has 0 N–H and O–H groups in total. The Hall–Kier alpha value is -1.66. The van der Waals surface area contributed by atoms with Crippen LogP contribution in [0.15, 0.2) is 18.2 Å². The largest absolute Gasteiger partial charge is 0.494 e.